The Kier molecular flexibility index (Phi) is 6.35. The Labute approximate surface area is 119 Å². The van der Waals surface area contributed by atoms with Crippen LogP contribution >= 0.6 is 24.8 Å². The summed E-state index contributed by atoms with van der Waals surface area (Å²) in [5.74, 6) is 0. The highest BCUT2D eigenvalue weighted by molar-refractivity contribution is 7.89. The molecule has 0 unspecified atom stereocenters. The van der Waals surface area contributed by atoms with E-state index in [0.717, 1.165) is 5.56 Å². The molecule has 0 saturated heterocycles. The van der Waals surface area contributed by atoms with Crippen LogP contribution in [0.15, 0.2) is 59.5 Å². The highest BCUT2D eigenvalue weighted by Crippen LogP contribution is 2.25. The van der Waals surface area contributed by atoms with E-state index in [0.29, 0.717) is 5.56 Å². The van der Waals surface area contributed by atoms with Crippen molar-refractivity contribution in [1.29, 1.82) is 0 Å². The highest BCUT2D eigenvalue weighted by atomic mass is 35.5. The van der Waals surface area contributed by atoms with Gasteiger partial charge in [0.05, 0.1) is 4.90 Å². The zero-order valence-corrected chi connectivity index (χ0v) is 11.8. The van der Waals surface area contributed by atoms with E-state index in [1.807, 2.05) is 30.3 Å². The Balaban J connectivity index is 0.00000144. The van der Waals surface area contributed by atoms with Crippen molar-refractivity contribution in [2.24, 2.45) is 5.14 Å². The van der Waals surface area contributed by atoms with Gasteiger partial charge >= 0.3 is 0 Å². The van der Waals surface area contributed by atoms with E-state index in [1.54, 1.807) is 18.2 Å². The lowest BCUT2D eigenvalue weighted by atomic mass is 10.1. The van der Waals surface area contributed by atoms with Gasteiger partial charge in [-0.05, 0) is 11.6 Å². The molecule has 2 N–H and O–H groups in total. The van der Waals surface area contributed by atoms with Gasteiger partial charge < -0.3 is 0 Å². The zero-order chi connectivity index (χ0) is 11.6. The van der Waals surface area contributed by atoms with Gasteiger partial charge in [-0.15, -0.1) is 24.8 Å². The predicted octanol–water partition coefficient (Wildman–Crippen LogP) is 2.84. The smallest absolute Gasteiger partial charge is 0.225 e. The van der Waals surface area contributed by atoms with Crippen molar-refractivity contribution in [1.82, 2.24) is 0 Å². The summed E-state index contributed by atoms with van der Waals surface area (Å²) in [5, 5.41) is 5.17. The first kappa shape index (κ1) is 16.9. The maximum Gasteiger partial charge on any atom is 0.238 e. The van der Waals surface area contributed by atoms with E-state index in [1.165, 1.54) is 6.07 Å². The minimum absolute atomic E-state index is 0. The molecule has 0 amide bonds. The van der Waals surface area contributed by atoms with E-state index in [2.05, 4.69) is 0 Å². The first-order chi connectivity index (χ1) is 7.59. The Morgan fingerprint density at radius 1 is 0.778 bits per heavy atom. The molecule has 0 aromatic heterocycles. The molecule has 0 heterocycles. The van der Waals surface area contributed by atoms with Crippen LogP contribution in [0.3, 0.4) is 0 Å². The van der Waals surface area contributed by atoms with Crippen molar-refractivity contribution in [3.8, 4) is 11.1 Å². The summed E-state index contributed by atoms with van der Waals surface area (Å²) in [6, 6.07) is 16.0. The van der Waals surface area contributed by atoms with E-state index >= 15 is 0 Å². The summed E-state index contributed by atoms with van der Waals surface area (Å²) in [4.78, 5) is 0.154. The second-order valence-electron chi connectivity index (χ2n) is 3.41. The standard InChI is InChI=1S/C12H11NO2S.2ClH/c13-16(14,15)12-9-5-4-8-11(12)10-6-2-1-3-7-10;;/h1-9H,(H2,13,14,15);2*1H. The molecule has 2 aromatic rings. The number of halogens is 2. The molecule has 18 heavy (non-hydrogen) atoms. The van der Waals surface area contributed by atoms with Crippen LogP contribution in [-0.4, -0.2) is 8.42 Å². The topological polar surface area (TPSA) is 60.2 Å². The third kappa shape index (κ3) is 3.71. The fourth-order valence-corrected chi connectivity index (χ4v) is 2.33. The van der Waals surface area contributed by atoms with Gasteiger partial charge in [-0.2, -0.15) is 0 Å². The summed E-state index contributed by atoms with van der Waals surface area (Å²) in [6.45, 7) is 0. The predicted molar refractivity (Wildman–Crippen MR) is 77.7 cm³/mol. The number of benzene rings is 2. The third-order valence-electron chi connectivity index (χ3n) is 2.28. The van der Waals surface area contributed by atoms with Crippen molar-refractivity contribution >= 4 is 34.8 Å². The second-order valence-corrected chi connectivity index (χ2v) is 4.94. The van der Waals surface area contributed by atoms with Crippen LogP contribution in [0.1, 0.15) is 0 Å². The minimum Gasteiger partial charge on any atom is -0.225 e. The van der Waals surface area contributed by atoms with Crippen LogP contribution < -0.4 is 5.14 Å². The molecule has 0 atom stereocenters. The lowest BCUT2D eigenvalue weighted by Gasteiger charge is -2.07. The molecule has 0 bridgehead atoms. The molecule has 98 valence electrons. The van der Waals surface area contributed by atoms with Gasteiger partial charge in [-0.3, -0.25) is 0 Å². The number of rotatable bonds is 2. The minimum atomic E-state index is -3.68. The van der Waals surface area contributed by atoms with Crippen LogP contribution in [0.25, 0.3) is 11.1 Å². The molecule has 6 heteroatoms. The molecule has 0 aliphatic heterocycles. The maximum atomic E-state index is 11.4. The molecule has 0 saturated carbocycles. The quantitative estimate of drug-likeness (QED) is 0.927. The first-order valence-corrected chi connectivity index (χ1v) is 6.31. The molecule has 0 fully saturated rings. The summed E-state index contributed by atoms with van der Waals surface area (Å²) >= 11 is 0. The lowest BCUT2D eigenvalue weighted by Crippen LogP contribution is -2.13. The van der Waals surface area contributed by atoms with Crippen LogP contribution in [0, 0.1) is 0 Å². The molecule has 0 spiro atoms. The summed E-state index contributed by atoms with van der Waals surface area (Å²) in [5.41, 5.74) is 1.47. The zero-order valence-electron chi connectivity index (χ0n) is 9.31. The first-order valence-electron chi connectivity index (χ1n) is 4.76. The number of hydrogen-bond acceptors (Lipinski definition) is 2. The van der Waals surface area contributed by atoms with Gasteiger partial charge in [0.15, 0.2) is 0 Å². The van der Waals surface area contributed by atoms with Crippen molar-refractivity contribution in [3.05, 3.63) is 54.6 Å². The average Bonchev–Trinajstić information content (AvgIpc) is 2.29. The van der Waals surface area contributed by atoms with Gasteiger partial charge in [-0.25, -0.2) is 13.6 Å². The highest BCUT2D eigenvalue weighted by Gasteiger charge is 2.13. The number of hydrogen-bond donors (Lipinski definition) is 1. The largest absolute Gasteiger partial charge is 0.238 e. The van der Waals surface area contributed by atoms with Gasteiger partial charge in [0.25, 0.3) is 0 Å². The molecule has 0 aliphatic rings. The van der Waals surface area contributed by atoms with Crippen LogP contribution in [0.2, 0.25) is 0 Å². The molecular formula is C12H13Cl2NO2S. The summed E-state index contributed by atoms with van der Waals surface area (Å²) in [6.07, 6.45) is 0. The van der Waals surface area contributed by atoms with Crippen LogP contribution in [0.5, 0.6) is 0 Å². The Morgan fingerprint density at radius 2 is 1.28 bits per heavy atom. The summed E-state index contributed by atoms with van der Waals surface area (Å²) < 4.78 is 22.8. The number of nitrogens with two attached hydrogens (primary N) is 1. The van der Waals surface area contributed by atoms with Gasteiger partial charge in [0.2, 0.25) is 10.0 Å². The van der Waals surface area contributed by atoms with Gasteiger partial charge in [0, 0.05) is 5.56 Å². The molecular weight excluding hydrogens is 293 g/mol. The SMILES string of the molecule is Cl.Cl.NS(=O)(=O)c1ccccc1-c1ccccc1. The molecule has 2 rings (SSSR count). The van der Waals surface area contributed by atoms with Crippen LogP contribution in [0.4, 0.5) is 0 Å². The lowest BCUT2D eigenvalue weighted by molar-refractivity contribution is 0.598. The number of sulfonamides is 1. The fourth-order valence-electron chi connectivity index (χ4n) is 1.57. The van der Waals surface area contributed by atoms with Crippen molar-refractivity contribution < 1.29 is 8.42 Å². The van der Waals surface area contributed by atoms with Gasteiger partial charge in [0.1, 0.15) is 0 Å². The summed E-state index contributed by atoms with van der Waals surface area (Å²) in [7, 11) is -3.68. The van der Waals surface area contributed by atoms with Crippen LogP contribution in [-0.2, 0) is 10.0 Å². The second kappa shape index (κ2) is 6.75. The van der Waals surface area contributed by atoms with Gasteiger partial charge in [-0.1, -0.05) is 48.5 Å². The van der Waals surface area contributed by atoms with E-state index < -0.39 is 10.0 Å². The molecule has 2 aromatic carbocycles. The van der Waals surface area contributed by atoms with E-state index in [4.69, 9.17) is 5.14 Å². The third-order valence-corrected chi connectivity index (χ3v) is 3.25. The molecule has 3 nitrogen and oxygen atoms in total. The molecule has 0 aliphatic carbocycles. The number of primary sulfonamides is 1. The normalized spacial score (nSPS) is 10.1. The Morgan fingerprint density at radius 3 is 1.83 bits per heavy atom. The van der Waals surface area contributed by atoms with E-state index in [-0.39, 0.29) is 29.7 Å². The fraction of sp³-hybridized carbons (Fsp3) is 0. The van der Waals surface area contributed by atoms with Crippen molar-refractivity contribution in [2.45, 2.75) is 4.90 Å². The Bertz CT molecular complexity index is 600. The van der Waals surface area contributed by atoms with Crippen molar-refractivity contribution in [3.63, 3.8) is 0 Å². The van der Waals surface area contributed by atoms with Crippen molar-refractivity contribution in [2.75, 3.05) is 0 Å². The Hall–Kier alpha value is -1.07. The van der Waals surface area contributed by atoms with E-state index in [9.17, 15) is 8.42 Å². The average molecular weight is 306 g/mol. The maximum absolute atomic E-state index is 11.4. The molecule has 0 radical (unpaired) electrons. The monoisotopic (exact) mass is 305 g/mol.